The lowest BCUT2D eigenvalue weighted by Crippen LogP contribution is -2.22. The smallest absolute Gasteiger partial charge is 0.127 e. The lowest BCUT2D eigenvalue weighted by Gasteiger charge is -2.22. The van der Waals surface area contributed by atoms with Crippen LogP contribution in [0.15, 0.2) is 24.7 Å². The van der Waals surface area contributed by atoms with Gasteiger partial charge in [0.15, 0.2) is 0 Å². The van der Waals surface area contributed by atoms with Crippen LogP contribution in [-0.2, 0) is 20.1 Å². The van der Waals surface area contributed by atoms with Gasteiger partial charge in [0.25, 0.3) is 0 Å². The standard InChI is InChI=1S/C15H23N5/c1-5-16-9-13-10-18-12(2)8-14(13)20(4)11-15-17-6-7-19(15)3/h6-8,10,16H,5,9,11H2,1-4H3. The van der Waals surface area contributed by atoms with Gasteiger partial charge in [0.1, 0.15) is 5.82 Å². The monoisotopic (exact) mass is 273 g/mol. The molecule has 0 saturated carbocycles. The average Bonchev–Trinajstić information content (AvgIpc) is 2.83. The van der Waals surface area contributed by atoms with Gasteiger partial charge in [0.05, 0.1) is 6.54 Å². The highest BCUT2D eigenvalue weighted by atomic mass is 15.2. The van der Waals surface area contributed by atoms with E-state index in [0.717, 1.165) is 31.2 Å². The maximum absolute atomic E-state index is 4.40. The highest BCUT2D eigenvalue weighted by molar-refractivity contribution is 5.53. The van der Waals surface area contributed by atoms with Crippen molar-refractivity contribution in [3.05, 3.63) is 41.7 Å². The van der Waals surface area contributed by atoms with Crippen LogP contribution in [0.25, 0.3) is 0 Å². The molecule has 5 nitrogen and oxygen atoms in total. The van der Waals surface area contributed by atoms with Gasteiger partial charge in [-0.05, 0) is 19.5 Å². The first kappa shape index (κ1) is 14.5. The number of rotatable bonds is 6. The Bertz CT molecular complexity index is 561. The van der Waals surface area contributed by atoms with Gasteiger partial charge in [-0.1, -0.05) is 6.92 Å². The number of imidazole rings is 1. The number of nitrogens with one attached hydrogen (secondary N) is 1. The Hall–Kier alpha value is -1.88. The molecule has 0 aliphatic rings. The summed E-state index contributed by atoms with van der Waals surface area (Å²) in [5.41, 5.74) is 3.46. The van der Waals surface area contributed by atoms with Crippen molar-refractivity contribution >= 4 is 5.69 Å². The summed E-state index contributed by atoms with van der Waals surface area (Å²) >= 11 is 0. The number of aryl methyl sites for hydroxylation is 2. The minimum atomic E-state index is 0.784. The Kier molecular flexibility index (Phi) is 4.74. The van der Waals surface area contributed by atoms with E-state index in [4.69, 9.17) is 0 Å². The molecule has 0 radical (unpaired) electrons. The second-order valence-electron chi connectivity index (χ2n) is 5.05. The summed E-state index contributed by atoms with van der Waals surface area (Å²) in [6.45, 7) is 6.71. The molecule has 0 bridgehead atoms. The molecular formula is C15H23N5. The van der Waals surface area contributed by atoms with Gasteiger partial charge < -0.3 is 14.8 Å². The molecule has 0 aromatic carbocycles. The minimum absolute atomic E-state index is 0.784. The highest BCUT2D eigenvalue weighted by Crippen LogP contribution is 2.21. The lowest BCUT2D eigenvalue weighted by molar-refractivity contribution is 0.713. The van der Waals surface area contributed by atoms with Gasteiger partial charge in [-0.25, -0.2) is 4.98 Å². The third kappa shape index (κ3) is 3.36. The van der Waals surface area contributed by atoms with Crippen molar-refractivity contribution in [2.75, 3.05) is 18.5 Å². The van der Waals surface area contributed by atoms with Crippen molar-refractivity contribution in [3.8, 4) is 0 Å². The second kappa shape index (κ2) is 6.52. The predicted octanol–water partition coefficient (Wildman–Crippen LogP) is 1.87. The Morgan fingerprint density at radius 2 is 2.15 bits per heavy atom. The number of anilines is 1. The van der Waals surface area contributed by atoms with E-state index in [-0.39, 0.29) is 0 Å². The molecule has 0 aliphatic carbocycles. The summed E-state index contributed by atoms with van der Waals surface area (Å²) in [7, 11) is 4.12. The fraction of sp³-hybridized carbons (Fsp3) is 0.467. The van der Waals surface area contributed by atoms with Crippen LogP contribution in [-0.4, -0.2) is 28.1 Å². The third-order valence-electron chi connectivity index (χ3n) is 3.37. The van der Waals surface area contributed by atoms with Crippen LogP contribution in [0, 0.1) is 6.92 Å². The molecule has 0 unspecified atom stereocenters. The number of aromatic nitrogens is 3. The van der Waals surface area contributed by atoms with E-state index in [9.17, 15) is 0 Å². The van der Waals surface area contributed by atoms with Crippen LogP contribution in [0.2, 0.25) is 0 Å². The van der Waals surface area contributed by atoms with E-state index in [1.165, 1.54) is 11.3 Å². The zero-order chi connectivity index (χ0) is 14.5. The number of hydrogen-bond donors (Lipinski definition) is 1. The van der Waals surface area contributed by atoms with Crippen molar-refractivity contribution in [3.63, 3.8) is 0 Å². The van der Waals surface area contributed by atoms with Crippen LogP contribution in [0.3, 0.4) is 0 Å². The fourth-order valence-electron chi connectivity index (χ4n) is 2.17. The Morgan fingerprint density at radius 1 is 1.35 bits per heavy atom. The molecule has 108 valence electrons. The molecular weight excluding hydrogens is 250 g/mol. The Balaban J connectivity index is 2.21. The van der Waals surface area contributed by atoms with Gasteiger partial charge in [0.2, 0.25) is 0 Å². The summed E-state index contributed by atoms with van der Waals surface area (Å²) in [6, 6.07) is 2.13. The topological polar surface area (TPSA) is 46.0 Å². The predicted molar refractivity (Wildman–Crippen MR) is 81.7 cm³/mol. The van der Waals surface area contributed by atoms with E-state index in [1.54, 1.807) is 0 Å². The molecule has 2 rings (SSSR count). The van der Waals surface area contributed by atoms with E-state index < -0.39 is 0 Å². The molecule has 0 atom stereocenters. The van der Waals surface area contributed by atoms with Crippen LogP contribution >= 0.6 is 0 Å². The summed E-state index contributed by atoms with van der Waals surface area (Å²) in [5.74, 6) is 1.05. The number of nitrogens with zero attached hydrogens (tertiary/aromatic N) is 4. The van der Waals surface area contributed by atoms with Crippen molar-refractivity contribution in [2.24, 2.45) is 7.05 Å². The molecule has 0 fully saturated rings. The molecule has 20 heavy (non-hydrogen) atoms. The largest absolute Gasteiger partial charge is 0.367 e. The fourth-order valence-corrected chi connectivity index (χ4v) is 2.17. The lowest BCUT2D eigenvalue weighted by atomic mass is 10.2. The van der Waals surface area contributed by atoms with Crippen LogP contribution in [0.1, 0.15) is 24.0 Å². The van der Waals surface area contributed by atoms with Crippen LogP contribution in [0.5, 0.6) is 0 Å². The Labute approximate surface area is 120 Å². The van der Waals surface area contributed by atoms with Crippen molar-refractivity contribution in [1.29, 1.82) is 0 Å². The van der Waals surface area contributed by atoms with E-state index in [0.29, 0.717) is 0 Å². The Morgan fingerprint density at radius 3 is 2.80 bits per heavy atom. The molecule has 0 amide bonds. The maximum atomic E-state index is 4.40. The summed E-state index contributed by atoms with van der Waals surface area (Å²) in [5, 5.41) is 3.36. The molecule has 0 aliphatic heterocycles. The first-order chi connectivity index (χ1) is 9.61. The normalized spacial score (nSPS) is 10.8. The summed E-state index contributed by atoms with van der Waals surface area (Å²) in [6.07, 6.45) is 5.77. The van der Waals surface area contributed by atoms with E-state index >= 15 is 0 Å². The van der Waals surface area contributed by atoms with Gasteiger partial charge in [-0.2, -0.15) is 0 Å². The molecule has 1 N–H and O–H groups in total. The van der Waals surface area contributed by atoms with Gasteiger partial charge >= 0.3 is 0 Å². The zero-order valence-electron chi connectivity index (χ0n) is 12.7. The van der Waals surface area contributed by atoms with Gasteiger partial charge in [0, 0.05) is 56.2 Å². The summed E-state index contributed by atoms with van der Waals surface area (Å²) in [4.78, 5) is 11.0. The van der Waals surface area contributed by atoms with E-state index in [1.807, 2.05) is 32.6 Å². The third-order valence-corrected chi connectivity index (χ3v) is 3.37. The average molecular weight is 273 g/mol. The summed E-state index contributed by atoms with van der Waals surface area (Å²) < 4.78 is 2.05. The highest BCUT2D eigenvalue weighted by Gasteiger charge is 2.11. The first-order valence-corrected chi connectivity index (χ1v) is 6.95. The van der Waals surface area contributed by atoms with Crippen molar-refractivity contribution < 1.29 is 0 Å². The van der Waals surface area contributed by atoms with Crippen molar-refractivity contribution in [2.45, 2.75) is 26.9 Å². The molecule has 2 aromatic rings. The minimum Gasteiger partial charge on any atom is -0.367 e. The van der Waals surface area contributed by atoms with Gasteiger partial charge in [-0.3, -0.25) is 4.98 Å². The molecule has 0 saturated heterocycles. The van der Waals surface area contributed by atoms with Crippen molar-refractivity contribution in [1.82, 2.24) is 19.9 Å². The van der Waals surface area contributed by atoms with Crippen LogP contribution < -0.4 is 10.2 Å². The second-order valence-corrected chi connectivity index (χ2v) is 5.05. The van der Waals surface area contributed by atoms with Gasteiger partial charge in [-0.15, -0.1) is 0 Å². The zero-order valence-corrected chi connectivity index (χ0v) is 12.7. The molecule has 5 heteroatoms. The maximum Gasteiger partial charge on any atom is 0.127 e. The number of hydrogen-bond acceptors (Lipinski definition) is 4. The SMILES string of the molecule is CCNCc1cnc(C)cc1N(C)Cc1nccn1C. The van der Waals surface area contributed by atoms with E-state index in [2.05, 4.69) is 44.8 Å². The molecule has 0 spiro atoms. The molecule has 2 heterocycles. The first-order valence-electron chi connectivity index (χ1n) is 6.95. The van der Waals surface area contributed by atoms with Crippen LogP contribution in [0.4, 0.5) is 5.69 Å². The quantitative estimate of drug-likeness (QED) is 0.873. The molecule has 2 aromatic heterocycles. The number of pyridine rings is 1.